The second kappa shape index (κ2) is 15.0. The van der Waals surface area contributed by atoms with Crippen molar-refractivity contribution in [2.24, 2.45) is 5.16 Å². The molecule has 2 atom stereocenters. The van der Waals surface area contributed by atoms with Gasteiger partial charge >= 0.3 is 5.97 Å². The number of fused-ring (bicyclic) bond motifs is 1. The molecule has 2 amide bonds. The van der Waals surface area contributed by atoms with Crippen molar-refractivity contribution in [3.05, 3.63) is 119 Å². The van der Waals surface area contributed by atoms with Crippen LogP contribution in [0.3, 0.4) is 0 Å². The van der Waals surface area contributed by atoms with E-state index in [0.717, 1.165) is 16.7 Å². The van der Waals surface area contributed by atoms with Gasteiger partial charge in [-0.25, -0.2) is 4.79 Å². The number of hydrogen-bond acceptors (Lipinski definition) is 9. The highest BCUT2D eigenvalue weighted by atomic mass is 32.2. The van der Waals surface area contributed by atoms with E-state index >= 15 is 0 Å². The number of benzene rings is 3. The van der Waals surface area contributed by atoms with Gasteiger partial charge in [0.1, 0.15) is 23.1 Å². The lowest BCUT2D eigenvalue weighted by molar-refractivity contribution is -0.160. The Labute approximate surface area is 284 Å². The SMILES string of the molecule is CCC1=C(C(=S)OC(c2ccccc2)c2ccccc2)N2C(=O)C(NC(=O)C(=NOCC(=O)OC(C)(C)C)c3ccccc3)[C@H]2SC1. The summed E-state index contributed by atoms with van der Waals surface area (Å²) >= 11 is 7.45. The van der Waals surface area contributed by atoms with Crippen molar-refractivity contribution in [3.8, 4) is 0 Å². The molecule has 1 fully saturated rings. The minimum atomic E-state index is -0.831. The van der Waals surface area contributed by atoms with Crippen LogP contribution in [0.2, 0.25) is 0 Å². The number of amides is 2. The van der Waals surface area contributed by atoms with Gasteiger partial charge in [0.05, 0.1) is 5.70 Å². The molecule has 47 heavy (non-hydrogen) atoms. The largest absolute Gasteiger partial charge is 0.469 e. The monoisotopic (exact) mass is 671 g/mol. The van der Waals surface area contributed by atoms with Crippen LogP contribution in [0.4, 0.5) is 0 Å². The number of thiocarbonyl (C=S) groups is 1. The van der Waals surface area contributed by atoms with Gasteiger partial charge in [0.2, 0.25) is 11.7 Å². The van der Waals surface area contributed by atoms with E-state index in [9.17, 15) is 14.4 Å². The van der Waals surface area contributed by atoms with Gasteiger partial charge in [-0.3, -0.25) is 14.5 Å². The quantitative estimate of drug-likeness (QED) is 0.0878. The Kier molecular flexibility index (Phi) is 10.8. The summed E-state index contributed by atoms with van der Waals surface area (Å²) in [4.78, 5) is 46.4. The van der Waals surface area contributed by atoms with Crippen LogP contribution in [-0.4, -0.2) is 62.8 Å². The molecular weight excluding hydrogens is 635 g/mol. The number of thioether (sulfide) groups is 1. The lowest BCUT2D eigenvalue weighted by atomic mass is 10.00. The van der Waals surface area contributed by atoms with Gasteiger partial charge < -0.3 is 19.6 Å². The van der Waals surface area contributed by atoms with E-state index < -0.39 is 41.6 Å². The summed E-state index contributed by atoms with van der Waals surface area (Å²) in [5.74, 6) is -0.919. The van der Waals surface area contributed by atoms with E-state index in [1.165, 1.54) is 0 Å². The number of oxime groups is 1. The number of β-lactam (4-membered cyclic amide) rings is 1. The van der Waals surface area contributed by atoms with Crippen LogP contribution >= 0.6 is 24.0 Å². The van der Waals surface area contributed by atoms with E-state index in [2.05, 4.69) is 10.5 Å². The fraction of sp³-hybridized carbons (Fsp3) is 0.306. The number of rotatable bonds is 11. The summed E-state index contributed by atoms with van der Waals surface area (Å²) in [5.41, 5.74) is 3.14. The minimum Gasteiger partial charge on any atom is -0.469 e. The predicted molar refractivity (Wildman–Crippen MR) is 186 cm³/mol. The van der Waals surface area contributed by atoms with Gasteiger partial charge in [0.25, 0.3) is 11.8 Å². The second-order valence-electron chi connectivity index (χ2n) is 11.9. The first-order chi connectivity index (χ1) is 22.6. The Balaban J connectivity index is 1.33. The third kappa shape index (κ3) is 8.09. The first-order valence-corrected chi connectivity index (χ1v) is 16.8. The van der Waals surface area contributed by atoms with Gasteiger partial charge in [-0.2, -0.15) is 0 Å². The summed E-state index contributed by atoms with van der Waals surface area (Å²) in [6.07, 6.45) is 0.210. The molecule has 2 aliphatic rings. The van der Waals surface area contributed by atoms with E-state index in [1.807, 2.05) is 67.6 Å². The van der Waals surface area contributed by atoms with Crippen molar-refractivity contribution in [1.82, 2.24) is 10.2 Å². The predicted octanol–water partition coefficient (Wildman–Crippen LogP) is 5.95. The zero-order chi connectivity index (χ0) is 33.6. The van der Waals surface area contributed by atoms with Crippen LogP contribution in [0.1, 0.15) is 56.9 Å². The summed E-state index contributed by atoms with van der Waals surface area (Å²) in [6.45, 7) is 6.77. The molecule has 1 saturated heterocycles. The number of nitrogens with one attached hydrogen (secondary N) is 1. The Morgan fingerprint density at radius 3 is 2.11 bits per heavy atom. The van der Waals surface area contributed by atoms with Crippen LogP contribution in [0, 0.1) is 0 Å². The molecule has 9 nitrogen and oxygen atoms in total. The summed E-state index contributed by atoms with van der Waals surface area (Å²) in [7, 11) is 0. The Morgan fingerprint density at radius 2 is 1.55 bits per heavy atom. The normalized spacial score (nSPS) is 17.9. The molecule has 244 valence electrons. The molecule has 2 aliphatic heterocycles. The lowest BCUT2D eigenvalue weighted by Gasteiger charge is -2.50. The molecule has 11 heteroatoms. The highest BCUT2D eigenvalue weighted by Gasteiger charge is 2.54. The lowest BCUT2D eigenvalue weighted by Crippen LogP contribution is -2.71. The molecule has 3 aromatic rings. The Morgan fingerprint density at radius 1 is 0.979 bits per heavy atom. The molecule has 0 saturated carbocycles. The van der Waals surface area contributed by atoms with Crippen LogP contribution in [0.25, 0.3) is 0 Å². The third-order valence-electron chi connectivity index (χ3n) is 7.40. The van der Waals surface area contributed by atoms with Crippen molar-refractivity contribution in [3.63, 3.8) is 0 Å². The van der Waals surface area contributed by atoms with E-state index in [4.69, 9.17) is 26.5 Å². The van der Waals surface area contributed by atoms with E-state index in [0.29, 0.717) is 23.4 Å². The van der Waals surface area contributed by atoms with Crippen LogP contribution in [0.5, 0.6) is 0 Å². The van der Waals surface area contributed by atoms with E-state index in [-0.39, 0.29) is 16.7 Å². The summed E-state index contributed by atoms with van der Waals surface area (Å²) in [5, 5.41) is 6.65. The zero-order valence-corrected chi connectivity index (χ0v) is 28.3. The molecule has 5 rings (SSSR count). The van der Waals surface area contributed by atoms with Crippen LogP contribution < -0.4 is 5.32 Å². The highest BCUT2D eigenvalue weighted by molar-refractivity contribution is 8.00. The van der Waals surface area contributed by atoms with Crippen LogP contribution in [-0.2, 0) is 28.7 Å². The average Bonchev–Trinajstić information content (AvgIpc) is 3.07. The van der Waals surface area contributed by atoms with Crippen molar-refractivity contribution in [1.29, 1.82) is 0 Å². The number of hydrogen-bond donors (Lipinski definition) is 1. The molecule has 0 aliphatic carbocycles. The van der Waals surface area contributed by atoms with Gasteiger partial charge in [-0.1, -0.05) is 103 Å². The Bertz CT molecular complexity index is 1630. The third-order valence-corrected chi connectivity index (χ3v) is 9.03. The Hall–Kier alpha value is -4.48. The first-order valence-electron chi connectivity index (χ1n) is 15.3. The topological polar surface area (TPSA) is 107 Å². The molecule has 2 heterocycles. The number of esters is 1. The van der Waals surface area contributed by atoms with Crippen molar-refractivity contribution in [2.45, 2.75) is 57.2 Å². The van der Waals surface area contributed by atoms with Crippen molar-refractivity contribution >= 4 is 52.5 Å². The number of carbonyl (C=O) groups excluding carboxylic acids is 3. The van der Waals surface area contributed by atoms with Crippen molar-refractivity contribution in [2.75, 3.05) is 12.4 Å². The van der Waals surface area contributed by atoms with Gasteiger partial charge in [0, 0.05) is 11.3 Å². The van der Waals surface area contributed by atoms with E-state index in [1.54, 1.807) is 67.8 Å². The second-order valence-corrected chi connectivity index (χ2v) is 13.4. The number of carbonyl (C=O) groups is 3. The summed E-state index contributed by atoms with van der Waals surface area (Å²) in [6, 6.07) is 27.5. The minimum absolute atomic E-state index is 0.0707. The maximum absolute atomic E-state index is 13.7. The molecule has 3 aromatic carbocycles. The molecule has 1 unspecified atom stereocenters. The van der Waals surface area contributed by atoms with Crippen molar-refractivity contribution < 1.29 is 28.7 Å². The molecule has 0 radical (unpaired) electrons. The summed E-state index contributed by atoms with van der Waals surface area (Å²) < 4.78 is 11.8. The standard InChI is InChI=1S/C36H37N3O6S2/c1-5-23-22-47-34-29(37-32(41)28(24-15-9-6-10-16-24)38-43-21-27(40)45-36(2,3)4)33(42)39(34)30(23)35(46)44-31(25-17-11-7-12-18-25)26-19-13-8-14-20-26/h6-20,29,31,34H,5,21-22H2,1-4H3,(H,37,41)/t29?,34-/m1/s1. The molecule has 0 spiro atoms. The average molecular weight is 672 g/mol. The fourth-order valence-electron chi connectivity index (χ4n) is 5.24. The van der Waals surface area contributed by atoms with Gasteiger partial charge in [-0.15, -0.1) is 11.8 Å². The zero-order valence-electron chi connectivity index (χ0n) is 26.7. The first kappa shape index (κ1) is 33.9. The molecule has 1 N–H and O–H groups in total. The van der Waals surface area contributed by atoms with Gasteiger partial charge in [0.15, 0.2) is 5.71 Å². The van der Waals surface area contributed by atoms with Gasteiger partial charge in [-0.05, 0) is 56.1 Å². The molecular formula is C36H37N3O6S2. The number of nitrogens with zero attached hydrogens (tertiary/aromatic N) is 2. The number of ether oxygens (including phenoxy) is 2. The van der Waals surface area contributed by atoms with Crippen LogP contribution in [0.15, 0.2) is 107 Å². The fourth-order valence-corrected chi connectivity index (χ4v) is 7.03. The highest BCUT2D eigenvalue weighted by Crippen LogP contribution is 2.42. The maximum atomic E-state index is 13.7. The maximum Gasteiger partial charge on any atom is 0.347 e. The molecule has 0 bridgehead atoms. The smallest absolute Gasteiger partial charge is 0.347 e. The molecule has 0 aromatic heterocycles.